The fourth-order valence-corrected chi connectivity index (χ4v) is 2.90. The molecule has 0 atom stereocenters. The molecule has 6 nitrogen and oxygen atoms in total. The number of anilines is 1. The standard InChI is InChI=1S/C24H27N3O3.HI/c1-17-9-11-18(12-10-17)15-25-24(27-20-7-5-4-6-8-20)26-16-19-13-21(29-2)23(28)22(14-19)30-3;/h4-14,28H,15-16H2,1-3H3,(H2,25,26,27);1H. The molecule has 0 aliphatic rings. The fraction of sp³-hybridized carbons (Fsp3) is 0.208. The van der Waals surface area contributed by atoms with Crippen LogP contribution in [0.3, 0.4) is 0 Å². The second kappa shape index (κ2) is 12.0. The summed E-state index contributed by atoms with van der Waals surface area (Å²) in [6.45, 7) is 3.09. The molecular formula is C24H28IN3O3. The number of hydrogen-bond acceptors (Lipinski definition) is 4. The van der Waals surface area contributed by atoms with Gasteiger partial charge in [-0.05, 0) is 42.3 Å². The fourth-order valence-electron chi connectivity index (χ4n) is 2.90. The number of benzene rings is 3. The summed E-state index contributed by atoms with van der Waals surface area (Å²) < 4.78 is 10.5. The number of phenolic OH excluding ortho intramolecular Hbond substituents is 1. The predicted octanol–water partition coefficient (Wildman–Crippen LogP) is 5.09. The van der Waals surface area contributed by atoms with Crippen molar-refractivity contribution in [3.05, 3.63) is 83.4 Å². The number of ether oxygens (including phenoxy) is 2. The van der Waals surface area contributed by atoms with E-state index in [0.717, 1.165) is 16.8 Å². The molecule has 164 valence electrons. The Bertz CT molecular complexity index is 968. The molecular weight excluding hydrogens is 505 g/mol. The van der Waals surface area contributed by atoms with Gasteiger partial charge in [0.05, 0.1) is 20.8 Å². The lowest BCUT2D eigenvalue weighted by Crippen LogP contribution is -2.30. The molecule has 7 heteroatoms. The zero-order valence-electron chi connectivity index (χ0n) is 17.9. The average molecular weight is 533 g/mol. The van der Waals surface area contributed by atoms with Crippen LogP contribution in [0.5, 0.6) is 17.2 Å². The third-order valence-corrected chi connectivity index (χ3v) is 4.58. The number of aliphatic imine (C=N–C) groups is 1. The van der Waals surface area contributed by atoms with Crippen LogP contribution in [0.2, 0.25) is 0 Å². The second-order valence-electron chi connectivity index (χ2n) is 6.84. The maximum atomic E-state index is 10.1. The van der Waals surface area contributed by atoms with Gasteiger partial charge in [-0.25, -0.2) is 4.99 Å². The summed E-state index contributed by atoms with van der Waals surface area (Å²) in [6.07, 6.45) is 0. The van der Waals surface area contributed by atoms with E-state index >= 15 is 0 Å². The Labute approximate surface area is 200 Å². The van der Waals surface area contributed by atoms with Gasteiger partial charge < -0.3 is 25.2 Å². The molecule has 31 heavy (non-hydrogen) atoms. The number of hydrogen-bond donors (Lipinski definition) is 3. The lowest BCUT2D eigenvalue weighted by atomic mass is 10.1. The number of phenols is 1. The molecule has 3 N–H and O–H groups in total. The lowest BCUT2D eigenvalue weighted by molar-refractivity contribution is 0.339. The van der Waals surface area contributed by atoms with Crippen LogP contribution in [0.15, 0.2) is 71.7 Å². The monoisotopic (exact) mass is 533 g/mol. The van der Waals surface area contributed by atoms with Crippen LogP contribution in [0, 0.1) is 6.92 Å². The molecule has 0 aromatic heterocycles. The highest BCUT2D eigenvalue weighted by Crippen LogP contribution is 2.37. The largest absolute Gasteiger partial charge is 0.502 e. The van der Waals surface area contributed by atoms with Gasteiger partial charge in [0.25, 0.3) is 0 Å². The summed E-state index contributed by atoms with van der Waals surface area (Å²) in [6, 6.07) is 21.7. The summed E-state index contributed by atoms with van der Waals surface area (Å²) in [4.78, 5) is 4.70. The van der Waals surface area contributed by atoms with Crippen molar-refractivity contribution in [2.75, 3.05) is 19.5 Å². The maximum absolute atomic E-state index is 10.1. The van der Waals surface area contributed by atoms with Crippen LogP contribution in [0.4, 0.5) is 5.69 Å². The van der Waals surface area contributed by atoms with Crippen molar-refractivity contribution in [1.82, 2.24) is 5.32 Å². The lowest BCUT2D eigenvalue weighted by Gasteiger charge is -2.14. The molecule has 3 aromatic rings. The number of para-hydroxylation sites is 1. The van der Waals surface area contributed by atoms with Crippen LogP contribution in [-0.4, -0.2) is 25.3 Å². The number of nitrogens with one attached hydrogen (secondary N) is 2. The van der Waals surface area contributed by atoms with Gasteiger partial charge in [-0.15, -0.1) is 24.0 Å². The summed E-state index contributed by atoms with van der Waals surface area (Å²) in [7, 11) is 3.01. The molecule has 0 aliphatic heterocycles. The molecule has 3 aromatic carbocycles. The highest BCUT2D eigenvalue weighted by molar-refractivity contribution is 14.0. The van der Waals surface area contributed by atoms with Crippen molar-refractivity contribution >= 4 is 35.6 Å². The average Bonchev–Trinajstić information content (AvgIpc) is 2.78. The molecule has 0 saturated carbocycles. The van der Waals surface area contributed by atoms with E-state index in [-0.39, 0.29) is 29.7 Å². The Hall–Kier alpha value is -2.94. The second-order valence-corrected chi connectivity index (χ2v) is 6.84. The predicted molar refractivity (Wildman–Crippen MR) is 136 cm³/mol. The summed E-state index contributed by atoms with van der Waals surface area (Å²) in [5, 5.41) is 16.8. The zero-order valence-corrected chi connectivity index (χ0v) is 20.2. The first kappa shape index (κ1) is 24.3. The Morgan fingerprint density at radius 1 is 0.903 bits per heavy atom. The summed E-state index contributed by atoms with van der Waals surface area (Å²) in [5.74, 6) is 1.33. The van der Waals surface area contributed by atoms with E-state index < -0.39 is 0 Å². The quantitative estimate of drug-likeness (QED) is 0.224. The molecule has 0 amide bonds. The van der Waals surface area contributed by atoms with Crippen LogP contribution in [-0.2, 0) is 13.1 Å². The number of guanidine groups is 1. The minimum absolute atomic E-state index is 0. The van der Waals surface area contributed by atoms with E-state index in [2.05, 4.69) is 41.8 Å². The Kier molecular flexibility index (Phi) is 9.45. The number of halogens is 1. The van der Waals surface area contributed by atoms with E-state index in [9.17, 15) is 5.11 Å². The summed E-state index contributed by atoms with van der Waals surface area (Å²) >= 11 is 0. The molecule has 0 aliphatic carbocycles. The Morgan fingerprint density at radius 3 is 2.10 bits per heavy atom. The van der Waals surface area contributed by atoms with Crippen molar-refractivity contribution in [3.63, 3.8) is 0 Å². The third kappa shape index (κ3) is 7.06. The Morgan fingerprint density at radius 2 is 1.52 bits per heavy atom. The van der Waals surface area contributed by atoms with Gasteiger partial charge in [-0.3, -0.25) is 0 Å². The first-order valence-electron chi connectivity index (χ1n) is 9.69. The topological polar surface area (TPSA) is 75.1 Å². The molecule has 0 spiro atoms. The summed E-state index contributed by atoms with van der Waals surface area (Å²) in [5.41, 5.74) is 4.18. The van der Waals surface area contributed by atoms with Crippen molar-refractivity contribution in [2.24, 2.45) is 4.99 Å². The number of aromatic hydroxyl groups is 1. The van der Waals surface area contributed by atoms with Crippen LogP contribution in [0.1, 0.15) is 16.7 Å². The molecule has 0 fully saturated rings. The van der Waals surface area contributed by atoms with Gasteiger partial charge in [-0.2, -0.15) is 0 Å². The molecule has 0 bridgehead atoms. The van der Waals surface area contributed by atoms with Gasteiger partial charge in [0.2, 0.25) is 5.75 Å². The first-order chi connectivity index (χ1) is 14.6. The molecule has 0 heterocycles. The van der Waals surface area contributed by atoms with E-state index in [4.69, 9.17) is 14.5 Å². The maximum Gasteiger partial charge on any atom is 0.200 e. The van der Waals surface area contributed by atoms with Gasteiger partial charge in [0, 0.05) is 12.2 Å². The normalized spacial score (nSPS) is 10.7. The van der Waals surface area contributed by atoms with Gasteiger partial charge in [0.15, 0.2) is 17.5 Å². The smallest absolute Gasteiger partial charge is 0.200 e. The minimum atomic E-state index is -0.0205. The van der Waals surface area contributed by atoms with Crippen molar-refractivity contribution in [3.8, 4) is 17.2 Å². The molecule has 3 rings (SSSR count). The van der Waals surface area contributed by atoms with Crippen LogP contribution < -0.4 is 20.1 Å². The van der Waals surface area contributed by atoms with E-state index in [1.807, 2.05) is 30.3 Å². The molecule has 0 saturated heterocycles. The van der Waals surface area contributed by atoms with Gasteiger partial charge in [-0.1, -0.05) is 48.0 Å². The van der Waals surface area contributed by atoms with Crippen molar-refractivity contribution < 1.29 is 14.6 Å². The Balaban J connectivity index is 0.00000341. The van der Waals surface area contributed by atoms with E-state index in [0.29, 0.717) is 30.5 Å². The number of nitrogens with zero attached hydrogens (tertiary/aromatic N) is 1. The zero-order chi connectivity index (χ0) is 21.3. The van der Waals surface area contributed by atoms with Gasteiger partial charge >= 0.3 is 0 Å². The molecule has 0 unspecified atom stereocenters. The number of aryl methyl sites for hydroxylation is 1. The van der Waals surface area contributed by atoms with Crippen molar-refractivity contribution in [1.29, 1.82) is 0 Å². The molecule has 0 radical (unpaired) electrons. The van der Waals surface area contributed by atoms with Crippen LogP contribution in [0.25, 0.3) is 0 Å². The SMILES string of the molecule is COc1cc(CN=C(NCc2ccc(C)cc2)Nc2ccccc2)cc(OC)c1O.I. The highest BCUT2D eigenvalue weighted by Gasteiger charge is 2.11. The minimum Gasteiger partial charge on any atom is -0.502 e. The number of methoxy groups -OCH3 is 2. The van der Waals surface area contributed by atoms with E-state index in [1.54, 1.807) is 12.1 Å². The van der Waals surface area contributed by atoms with E-state index in [1.165, 1.54) is 19.8 Å². The first-order valence-corrected chi connectivity index (χ1v) is 9.69. The van der Waals surface area contributed by atoms with Crippen LogP contribution >= 0.6 is 24.0 Å². The third-order valence-electron chi connectivity index (χ3n) is 4.58. The number of rotatable bonds is 7. The highest BCUT2D eigenvalue weighted by atomic mass is 127. The van der Waals surface area contributed by atoms with Gasteiger partial charge in [0.1, 0.15) is 0 Å². The van der Waals surface area contributed by atoms with Crippen molar-refractivity contribution in [2.45, 2.75) is 20.0 Å².